The molecule has 0 spiro atoms. The molecule has 2 aliphatic heterocycles. The van der Waals surface area contributed by atoms with E-state index in [2.05, 4.69) is 0 Å². The molecule has 0 aliphatic carbocycles. The lowest BCUT2D eigenvalue weighted by Gasteiger charge is -2.11. The summed E-state index contributed by atoms with van der Waals surface area (Å²) >= 11 is 0. The van der Waals surface area contributed by atoms with Crippen molar-refractivity contribution in [3.63, 3.8) is 0 Å². The first kappa shape index (κ1) is 5.68. The molecule has 2 aliphatic rings. The second-order valence-electron chi connectivity index (χ2n) is 2.79. The van der Waals surface area contributed by atoms with Crippen LogP contribution in [0.2, 0.25) is 0 Å². The van der Waals surface area contributed by atoms with Crippen molar-refractivity contribution in [2.45, 2.75) is 6.42 Å². The molecule has 0 amide bonds. The maximum absolute atomic E-state index is 10.9. The average Bonchev–Trinajstić information content (AvgIpc) is 2.19. The van der Waals surface area contributed by atoms with Gasteiger partial charge >= 0.3 is 0 Å². The standard InChI is InChI=1S/C5H9NO2S/c7-9(8)4-5-1-2-6(9)3-5/h5H,1-4H2. The van der Waals surface area contributed by atoms with Gasteiger partial charge in [0.25, 0.3) is 0 Å². The van der Waals surface area contributed by atoms with E-state index in [4.69, 9.17) is 0 Å². The molecule has 0 aromatic carbocycles. The second kappa shape index (κ2) is 1.49. The van der Waals surface area contributed by atoms with E-state index in [1.54, 1.807) is 4.31 Å². The van der Waals surface area contributed by atoms with Gasteiger partial charge in [0.05, 0.1) is 5.75 Å². The first-order chi connectivity index (χ1) is 4.18. The zero-order valence-electron chi connectivity index (χ0n) is 5.08. The Morgan fingerprint density at radius 1 is 1.44 bits per heavy atom. The van der Waals surface area contributed by atoms with Crippen LogP contribution in [0.5, 0.6) is 0 Å². The van der Waals surface area contributed by atoms with Crippen LogP contribution in [0.15, 0.2) is 0 Å². The molecule has 2 rings (SSSR count). The van der Waals surface area contributed by atoms with Gasteiger partial charge in [-0.15, -0.1) is 0 Å². The summed E-state index contributed by atoms with van der Waals surface area (Å²) in [6.45, 7) is 1.56. The van der Waals surface area contributed by atoms with E-state index in [1.807, 2.05) is 0 Å². The largest absolute Gasteiger partial charge is 0.214 e. The highest BCUT2D eigenvalue weighted by Gasteiger charge is 2.40. The van der Waals surface area contributed by atoms with E-state index in [-0.39, 0.29) is 0 Å². The van der Waals surface area contributed by atoms with Crippen LogP contribution in [0.3, 0.4) is 0 Å². The molecule has 9 heavy (non-hydrogen) atoms. The highest BCUT2D eigenvalue weighted by Crippen LogP contribution is 2.28. The first-order valence-corrected chi connectivity index (χ1v) is 4.77. The van der Waals surface area contributed by atoms with Crippen molar-refractivity contribution in [1.82, 2.24) is 4.31 Å². The van der Waals surface area contributed by atoms with E-state index >= 15 is 0 Å². The van der Waals surface area contributed by atoms with Gasteiger partial charge in [-0.25, -0.2) is 12.7 Å². The number of sulfonamides is 1. The van der Waals surface area contributed by atoms with Crippen molar-refractivity contribution in [3.05, 3.63) is 0 Å². The molecule has 0 N–H and O–H groups in total. The van der Waals surface area contributed by atoms with Crippen molar-refractivity contribution in [3.8, 4) is 0 Å². The van der Waals surface area contributed by atoms with Crippen LogP contribution in [0, 0.1) is 5.92 Å². The molecule has 2 unspecified atom stereocenters. The number of hydrogen-bond donors (Lipinski definition) is 0. The average molecular weight is 147 g/mol. The topological polar surface area (TPSA) is 37.4 Å². The summed E-state index contributed by atoms with van der Waals surface area (Å²) < 4.78 is 23.5. The SMILES string of the molecule is O=S1(=O)CC2CCN1C2. The fourth-order valence-electron chi connectivity index (χ4n) is 1.59. The molecular formula is C5H9NO2S. The molecule has 4 heteroatoms. The minimum Gasteiger partial charge on any atom is -0.212 e. The van der Waals surface area contributed by atoms with Crippen molar-refractivity contribution in [2.75, 3.05) is 18.8 Å². The van der Waals surface area contributed by atoms with Crippen molar-refractivity contribution >= 4 is 10.0 Å². The van der Waals surface area contributed by atoms with Crippen LogP contribution in [-0.4, -0.2) is 31.6 Å². The Morgan fingerprint density at radius 2 is 2.22 bits per heavy atom. The first-order valence-electron chi connectivity index (χ1n) is 3.16. The normalized spacial score (nSPS) is 45.8. The van der Waals surface area contributed by atoms with Gasteiger partial charge in [0.2, 0.25) is 10.0 Å². The predicted octanol–water partition coefficient (Wildman–Crippen LogP) is -0.348. The highest BCUT2D eigenvalue weighted by molar-refractivity contribution is 7.89. The number of nitrogens with zero attached hydrogens (tertiary/aromatic N) is 1. The molecule has 2 atom stereocenters. The van der Waals surface area contributed by atoms with Gasteiger partial charge in [-0.1, -0.05) is 0 Å². The van der Waals surface area contributed by atoms with Crippen LogP contribution in [-0.2, 0) is 10.0 Å². The number of hydrogen-bond acceptors (Lipinski definition) is 2. The van der Waals surface area contributed by atoms with Gasteiger partial charge in [-0.3, -0.25) is 0 Å². The Morgan fingerprint density at radius 3 is 2.44 bits per heavy atom. The lowest BCUT2D eigenvalue weighted by molar-refractivity contribution is 0.492. The Labute approximate surface area is 54.7 Å². The molecule has 0 aromatic rings. The summed E-state index contributed by atoms with van der Waals surface area (Å²) in [7, 11) is -2.75. The van der Waals surface area contributed by atoms with Crippen molar-refractivity contribution in [2.24, 2.45) is 5.92 Å². The van der Waals surface area contributed by atoms with Crippen LogP contribution in [0.1, 0.15) is 6.42 Å². The van der Waals surface area contributed by atoms with E-state index in [0.29, 0.717) is 11.7 Å². The van der Waals surface area contributed by atoms with Crippen LogP contribution < -0.4 is 0 Å². The third-order valence-corrected chi connectivity index (χ3v) is 4.10. The fourth-order valence-corrected chi connectivity index (χ4v) is 3.49. The Hall–Kier alpha value is -0.0900. The summed E-state index contributed by atoms with van der Waals surface area (Å²) in [5, 5.41) is 0. The third-order valence-electron chi connectivity index (χ3n) is 2.09. The molecule has 2 fully saturated rings. The van der Waals surface area contributed by atoms with Crippen LogP contribution in [0.4, 0.5) is 0 Å². The summed E-state index contributed by atoms with van der Waals surface area (Å²) in [4.78, 5) is 0. The van der Waals surface area contributed by atoms with Gasteiger partial charge in [-0.05, 0) is 12.3 Å². The molecule has 2 bridgehead atoms. The van der Waals surface area contributed by atoms with Gasteiger partial charge in [0, 0.05) is 13.1 Å². The van der Waals surface area contributed by atoms with Crippen LogP contribution in [0.25, 0.3) is 0 Å². The van der Waals surface area contributed by atoms with Gasteiger partial charge in [0.1, 0.15) is 0 Å². The van der Waals surface area contributed by atoms with E-state index in [0.717, 1.165) is 19.5 Å². The molecule has 2 saturated heterocycles. The molecule has 3 nitrogen and oxygen atoms in total. The minimum atomic E-state index is -2.75. The van der Waals surface area contributed by atoms with Crippen LogP contribution >= 0.6 is 0 Å². The maximum atomic E-state index is 10.9. The summed E-state index contributed by atoms with van der Waals surface area (Å²) in [6.07, 6.45) is 1.08. The van der Waals surface area contributed by atoms with Crippen molar-refractivity contribution < 1.29 is 8.42 Å². The predicted molar refractivity (Wildman–Crippen MR) is 33.5 cm³/mol. The third kappa shape index (κ3) is 0.697. The Kier molecular flexibility index (Phi) is 0.941. The lowest BCUT2D eigenvalue weighted by atomic mass is 10.2. The molecule has 52 valence electrons. The summed E-state index contributed by atoms with van der Waals surface area (Å²) in [5.74, 6) is 0.863. The smallest absolute Gasteiger partial charge is 0.212 e. The Balaban J connectivity index is 2.39. The number of fused-ring (bicyclic) bond motifs is 2. The summed E-state index contributed by atoms with van der Waals surface area (Å²) in [5.41, 5.74) is 0. The fraction of sp³-hybridized carbons (Fsp3) is 1.00. The molecule has 0 aromatic heterocycles. The monoisotopic (exact) mass is 147 g/mol. The lowest BCUT2D eigenvalue weighted by Crippen LogP contribution is -2.26. The summed E-state index contributed by atoms with van der Waals surface area (Å²) in [6, 6.07) is 0. The Bertz CT molecular complexity index is 221. The van der Waals surface area contributed by atoms with Crippen molar-refractivity contribution in [1.29, 1.82) is 0 Å². The molecule has 0 radical (unpaired) electrons. The molecule has 2 heterocycles. The quantitative estimate of drug-likeness (QED) is 0.469. The van der Waals surface area contributed by atoms with E-state index < -0.39 is 10.0 Å². The highest BCUT2D eigenvalue weighted by atomic mass is 32.2. The molecular weight excluding hydrogens is 138 g/mol. The second-order valence-corrected chi connectivity index (χ2v) is 4.80. The maximum Gasteiger partial charge on any atom is 0.214 e. The van der Waals surface area contributed by atoms with E-state index in [1.165, 1.54) is 0 Å². The zero-order valence-corrected chi connectivity index (χ0v) is 5.89. The molecule has 0 saturated carbocycles. The zero-order chi connectivity index (χ0) is 6.48. The van der Waals surface area contributed by atoms with Gasteiger partial charge in [0.15, 0.2) is 0 Å². The number of rotatable bonds is 0. The van der Waals surface area contributed by atoms with E-state index in [9.17, 15) is 8.42 Å². The van der Waals surface area contributed by atoms with Gasteiger partial charge < -0.3 is 0 Å². The minimum absolute atomic E-state index is 0.410. The van der Waals surface area contributed by atoms with Gasteiger partial charge in [-0.2, -0.15) is 0 Å².